The van der Waals surface area contributed by atoms with Gasteiger partial charge in [0.05, 0.1) is 5.54 Å². The number of anilines is 1. The molecular weight excluding hydrogens is 212 g/mol. The van der Waals surface area contributed by atoms with Gasteiger partial charge in [0.2, 0.25) is 5.91 Å². The number of amides is 1. The Morgan fingerprint density at radius 1 is 1.12 bits per heavy atom. The second-order valence-corrected chi connectivity index (χ2v) is 5.10. The Morgan fingerprint density at radius 2 is 1.59 bits per heavy atom. The molecule has 0 fully saturated rings. The van der Waals surface area contributed by atoms with Crippen LogP contribution in [0.15, 0.2) is 12.1 Å². The summed E-state index contributed by atoms with van der Waals surface area (Å²) in [5.41, 5.74) is 3.77. The van der Waals surface area contributed by atoms with Crippen LogP contribution in [0.25, 0.3) is 0 Å². The molecule has 0 unspecified atom stereocenters. The minimum absolute atomic E-state index is 0.0185. The number of likely N-dealkylation sites (N-methyl/N-ethyl adjacent to an activating group) is 1. The van der Waals surface area contributed by atoms with Gasteiger partial charge >= 0.3 is 0 Å². The number of nitrogens with one attached hydrogen (secondary N) is 2. The van der Waals surface area contributed by atoms with E-state index in [0.29, 0.717) is 0 Å². The normalized spacial score (nSPS) is 11.4. The van der Waals surface area contributed by atoms with E-state index in [1.165, 1.54) is 5.56 Å². The second-order valence-electron chi connectivity index (χ2n) is 5.10. The SMILES string of the molecule is CNC(C)(C)C(=O)Nc1c(C)cc(C)cc1C. The molecule has 1 aromatic rings. The van der Waals surface area contributed by atoms with Gasteiger partial charge in [0.25, 0.3) is 0 Å². The third kappa shape index (κ3) is 3.07. The van der Waals surface area contributed by atoms with Crippen molar-refractivity contribution in [1.29, 1.82) is 0 Å². The van der Waals surface area contributed by atoms with Crippen molar-refractivity contribution < 1.29 is 4.79 Å². The van der Waals surface area contributed by atoms with Gasteiger partial charge in [-0.25, -0.2) is 0 Å². The van der Waals surface area contributed by atoms with E-state index in [1.54, 1.807) is 7.05 Å². The summed E-state index contributed by atoms with van der Waals surface area (Å²) in [5, 5.41) is 6.00. The molecule has 1 aromatic carbocycles. The molecule has 3 heteroatoms. The number of hydrogen-bond donors (Lipinski definition) is 2. The minimum Gasteiger partial charge on any atom is -0.324 e. The zero-order valence-electron chi connectivity index (χ0n) is 11.6. The molecule has 0 saturated carbocycles. The van der Waals surface area contributed by atoms with Crippen LogP contribution >= 0.6 is 0 Å². The maximum Gasteiger partial charge on any atom is 0.244 e. The fraction of sp³-hybridized carbons (Fsp3) is 0.500. The van der Waals surface area contributed by atoms with Crippen molar-refractivity contribution in [3.05, 3.63) is 28.8 Å². The minimum atomic E-state index is -0.566. The molecule has 0 bridgehead atoms. The molecule has 3 nitrogen and oxygen atoms in total. The first-order valence-electron chi connectivity index (χ1n) is 5.86. The Bertz CT molecular complexity index is 413. The Labute approximate surface area is 104 Å². The van der Waals surface area contributed by atoms with E-state index in [1.807, 2.05) is 27.7 Å². The largest absolute Gasteiger partial charge is 0.324 e. The Kier molecular flexibility index (Phi) is 3.94. The number of hydrogen-bond acceptors (Lipinski definition) is 2. The molecule has 0 radical (unpaired) electrons. The maximum absolute atomic E-state index is 12.1. The van der Waals surface area contributed by atoms with Gasteiger partial charge in [-0.2, -0.15) is 0 Å². The summed E-state index contributed by atoms with van der Waals surface area (Å²) in [6.45, 7) is 9.81. The van der Waals surface area contributed by atoms with Crippen molar-refractivity contribution >= 4 is 11.6 Å². The van der Waals surface area contributed by atoms with Crippen LogP contribution in [0.2, 0.25) is 0 Å². The second kappa shape index (κ2) is 4.88. The molecule has 0 saturated heterocycles. The molecule has 0 aliphatic rings. The van der Waals surface area contributed by atoms with Gasteiger partial charge in [-0.15, -0.1) is 0 Å². The molecule has 94 valence electrons. The summed E-state index contributed by atoms with van der Waals surface area (Å²) in [7, 11) is 1.79. The summed E-state index contributed by atoms with van der Waals surface area (Å²) in [6, 6.07) is 4.16. The van der Waals surface area contributed by atoms with Crippen LogP contribution in [0.5, 0.6) is 0 Å². The standard InChI is InChI=1S/C14H22N2O/c1-9-7-10(2)12(11(3)8-9)16-13(17)14(4,5)15-6/h7-8,15H,1-6H3,(H,16,17). The molecule has 0 aliphatic carbocycles. The molecule has 2 N–H and O–H groups in total. The van der Waals surface area contributed by atoms with Gasteiger partial charge in [0.15, 0.2) is 0 Å². The highest BCUT2D eigenvalue weighted by Gasteiger charge is 2.25. The summed E-state index contributed by atoms with van der Waals surface area (Å²) in [4.78, 5) is 12.1. The predicted octanol–water partition coefficient (Wildman–Crippen LogP) is 2.55. The van der Waals surface area contributed by atoms with Gasteiger partial charge in [-0.1, -0.05) is 17.7 Å². The molecule has 1 amide bonds. The lowest BCUT2D eigenvalue weighted by molar-refractivity contribution is -0.121. The van der Waals surface area contributed by atoms with Gasteiger partial charge in [-0.3, -0.25) is 4.79 Å². The lowest BCUT2D eigenvalue weighted by atomic mass is 10.0. The number of aryl methyl sites for hydroxylation is 3. The van der Waals surface area contributed by atoms with Crippen molar-refractivity contribution in [2.45, 2.75) is 40.2 Å². The van der Waals surface area contributed by atoms with Crippen molar-refractivity contribution in [2.75, 3.05) is 12.4 Å². The summed E-state index contributed by atoms with van der Waals surface area (Å²) < 4.78 is 0. The molecule has 0 aliphatic heterocycles. The molecule has 0 spiro atoms. The molecular formula is C14H22N2O. The highest BCUT2D eigenvalue weighted by Crippen LogP contribution is 2.22. The molecule has 0 atom stereocenters. The van der Waals surface area contributed by atoms with E-state index >= 15 is 0 Å². The van der Waals surface area contributed by atoms with Gasteiger partial charge in [0, 0.05) is 5.69 Å². The Morgan fingerprint density at radius 3 is 2.00 bits per heavy atom. The third-order valence-corrected chi connectivity index (χ3v) is 3.11. The van der Waals surface area contributed by atoms with Crippen molar-refractivity contribution in [3.63, 3.8) is 0 Å². The third-order valence-electron chi connectivity index (χ3n) is 3.11. The van der Waals surface area contributed by atoms with E-state index in [0.717, 1.165) is 16.8 Å². The van der Waals surface area contributed by atoms with E-state index < -0.39 is 5.54 Å². The fourth-order valence-electron chi connectivity index (χ4n) is 1.76. The zero-order valence-corrected chi connectivity index (χ0v) is 11.6. The van der Waals surface area contributed by atoms with E-state index in [2.05, 4.69) is 29.7 Å². The first kappa shape index (κ1) is 13.7. The molecule has 1 rings (SSSR count). The van der Waals surface area contributed by atoms with Gasteiger partial charge in [-0.05, 0) is 52.8 Å². The van der Waals surface area contributed by atoms with Crippen LogP contribution in [-0.2, 0) is 4.79 Å². The van der Waals surface area contributed by atoms with E-state index in [4.69, 9.17) is 0 Å². The smallest absolute Gasteiger partial charge is 0.244 e. The number of carbonyl (C=O) groups is 1. The van der Waals surface area contributed by atoms with E-state index in [9.17, 15) is 4.79 Å². The summed E-state index contributed by atoms with van der Waals surface area (Å²) in [6.07, 6.45) is 0. The van der Waals surface area contributed by atoms with Crippen LogP contribution in [0.3, 0.4) is 0 Å². The monoisotopic (exact) mass is 234 g/mol. The van der Waals surface area contributed by atoms with Crippen LogP contribution in [0, 0.1) is 20.8 Å². The zero-order chi connectivity index (χ0) is 13.2. The van der Waals surface area contributed by atoms with Crippen molar-refractivity contribution in [1.82, 2.24) is 5.32 Å². The van der Waals surface area contributed by atoms with E-state index in [-0.39, 0.29) is 5.91 Å². The lowest BCUT2D eigenvalue weighted by Crippen LogP contribution is -2.48. The maximum atomic E-state index is 12.1. The average Bonchev–Trinajstić information content (AvgIpc) is 2.22. The van der Waals surface area contributed by atoms with Crippen LogP contribution < -0.4 is 10.6 Å². The molecule has 0 aromatic heterocycles. The quantitative estimate of drug-likeness (QED) is 0.844. The molecule has 17 heavy (non-hydrogen) atoms. The summed E-state index contributed by atoms with van der Waals surface area (Å²) in [5.74, 6) is -0.0185. The van der Waals surface area contributed by atoms with Crippen molar-refractivity contribution in [2.24, 2.45) is 0 Å². The average molecular weight is 234 g/mol. The first-order chi connectivity index (χ1) is 7.77. The topological polar surface area (TPSA) is 41.1 Å². The summed E-state index contributed by atoms with van der Waals surface area (Å²) >= 11 is 0. The number of rotatable bonds is 3. The lowest BCUT2D eigenvalue weighted by Gasteiger charge is -2.24. The Balaban J connectivity index is 3.01. The predicted molar refractivity (Wildman–Crippen MR) is 72.4 cm³/mol. The highest BCUT2D eigenvalue weighted by molar-refractivity contribution is 5.98. The van der Waals surface area contributed by atoms with Crippen LogP contribution in [0.1, 0.15) is 30.5 Å². The first-order valence-corrected chi connectivity index (χ1v) is 5.86. The highest BCUT2D eigenvalue weighted by atomic mass is 16.2. The fourth-order valence-corrected chi connectivity index (χ4v) is 1.76. The van der Waals surface area contributed by atoms with Gasteiger partial charge in [0.1, 0.15) is 0 Å². The molecule has 0 heterocycles. The van der Waals surface area contributed by atoms with Crippen LogP contribution in [0.4, 0.5) is 5.69 Å². The number of benzene rings is 1. The van der Waals surface area contributed by atoms with Crippen molar-refractivity contribution in [3.8, 4) is 0 Å². The Hall–Kier alpha value is -1.35. The number of carbonyl (C=O) groups excluding carboxylic acids is 1. The van der Waals surface area contributed by atoms with Gasteiger partial charge < -0.3 is 10.6 Å². The van der Waals surface area contributed by atoms with Crippen LogP contribution in [-0.4, -0.2) is 18.5 Å².